The van der Waals surface area contributed by atoms with Crippen molar-refractivity contribution in [3.63, 3.8) is 0 Å². The van der Waals surface area contributed by atoms with Crippen molar-refractivity contribution in [3.05, 3.63) is 0 Å². The second kappa shape index (κ2) is 8.27. The predicted molar refractivity (Wildman–Crippen MR) is 125 cm³/mol. The lowest BCUT2D eigenvalue weighted by atomic mass is 9.44. The van der Waals surface area contributed by atoms with Crippen molar-refractivity contribution >= 4 is 0 Å². The van der Waals surface area contributed by atoms with Gasteiger partial charge in [0, 0.05) is 13.2 Å². The van der Waals surface area contributed by atoms with E-state index in [0.29, 0.717) is 10.8 Å². The average Bonchev–Trinajstić information content (AvgIpc) is 3.10. The van der Waals surface area contributed by atoms with E-state index in [1.54, 1.807) is 0 Å². The van der Waals surface area contributed by atoms with Gasteiger partial charge in [0.2, 0.25) is 0 Å². The van der Waals surface area contributed by atoms with Crippen LogP contribution in [0.15, 0.2) is 0 Å². The number of rotatable bonds is 4. The monoisotopic (exact) mass is 432 g/mol. The molecule has 5 fully saturated rings. The summed E-state index contributed by atoms with van der Waals surface area (Å²) in [7, 11) is 0. The van der Waals surface area contributed by atoms with E-state index in [9.17, 15) is 10.2 Å². The molecule has 0 aromatic heterocycles. The van der Waals surface area contributed by atoms with E-state index in [2.05, 4.69) is 20.8 Å². The highest BCUT2D eigenvalue weighted by Gasteiger charge is 2.60. The van der Waals surface area contributed by atoms with Crippen molar-refractivity contribution in [2.24, 2.45) is 46.3 Å². The van der Waals surface area contributed by atoms with Crippen molar-refractivity contribution in [2.75, 3.05) is 13.2 Å². The van der Waals surface area contributed by atoms with Crippen LogP contribution < -0.4 is 0 Å². The Bertz CT molecular complexity index is 642. The molecule has 0 aromatic carbocycles. The SMILES string of the molecule is CC(CCC1(O)CCOCC1)C1CCC2[C@@H]3CCC4C[C@@H](O)CC[C@]4(C)C3CCC12C. The Hall–Kier alpha value is -0.120. The number of hydrogen-bond acceptors (Lipinski definition) is 3. The van der Waals surface area contributed by atoms with E-state index in [1.165, 1.54) is 51.4 Å². The Morgan fingerprint density at radius 1 is 0.871 bits per heavy atom. The van der Waals surface area contributed by atoms with Gasteiger partial charge in [-0.1, -0.05) is 20.8 Å². The van der Waals surface area contributed by atoms with Crippen LogP contribution in [-0.2, 0) is 4.74 Å². The smallest absolute Gasteiger partial charge is 0.0691 e. The molecule has 0 amide bonds. The first kappa shape index (κ1) is 22.7. The lowest BCUT2D eigenvalue weighted by Gasteiger charge is -2.61. The Balaban J connectivity index is 1.26. The summed E-state index contributed by atoms with van der Waals surface area (Å²) in [5.41, 5.74) is 0.525. The Kier molecular flexibility index (Phi) is 6.05. The zero-order chi connectivity index (χ0) is 21.9. The van der Waals surface area contributed by atoms with Gasteiger partial charge in [-0.3, -0.25) is 0 Å². The first-order chi connectivity index (χ1) is 14.8. The van der Waals surface area contributed by atoms with Crippen molar-refractivity contribution in [1.29, 1.82) is 0 Å². The fourth-order valence-corrected chi connectivity index (χ4v) is 9.91. The molecule has 31 heavy (non-hydrogen) atoms. The van der Waals surface area contributed by atoms with Gasteiger partial charge in [-0.05, 0) is 130 Å². The second-order valence-corrected chi connectivity index (χ2v) is 13.2. The minimum Gasteiger partial charge on any atom is -0.393 e. The molecule has 0 aromatic rings. The largest absolute Gasteiger partial charge is 0.393 e. The second-order valence-electron chi connectivity index (χ2n) is 13.2. The summed E-state index contributed by atoms with van der Waals surface area (Å²) in [6.07, 6.45) is 15.6. The van der Waals surface area contributed by atoms with Crippen LogP contribution in [0.25, 0.3) is 0 Å². The lowest BCUT2D eigenvalue weighted by molar-refractivity contribution is -0.130. The minimum atomic E-state index is -0.471. The molecule has 1 aliphatic heterocycles. The maximum Gasteiger partial charge on any atom is 0.0691 e. The molecule has 5 rings (SSSR count). The van der Waals surface area contributed by atoms with Gasteiger partial charge in [0.15, 0.2) is 0 Å². The molecule has 0 bridgehead atoms. The molecule has 178 valence electrons. The van der Waals surface area contributed by atoms with E-state index in [0.717, 1.165) is 80.8 Å². The van der Waals surface area contributed by atoms with E-state index < -0.39 is 5.60 Å². The van der Waals surface area contributed by atoms with E-state index in [1.807, 2.05) is 0 Å². The average molecular weight is 433 g/mol. The summed E-state index contributed by atoms with van der Waals surface area (Å²) in [6, 6.07) is 0. The molecular formula is C28H48O3. The molecule has 0 spiro atoms. The van der Waals surface area contributed by atoms with E-state index in [4.69, 9.17) is 4.74 Å². The van der Waals surface area contributed by atoms with E-state index in [-0.39, 0.29) is 6.10 Å². The van der Waals surface area contributed by atoms with Crippen LogP contribution in [0, 0.1) is 46.3 Å². The van der Waals surface area contributed by atoms with Crippen LogP contribution in [0.1, 0.15) is 104 Å². The molecule has 2 N–H and O–H groups in total. The van der Waals surface area contributed by atoms with Crippen molar-refractivity contribution in [1.82, 2.24) is 0 Å². The number of hydrogen-bond donors (Lipinski definition) is 2. The number of ether oxygens (including phenoxy) is 1. The highest BCUT2D eigenvalue weighted by Crippen LogP contribution is 2.68. The molecule has 3 heteroatoms. The van der Waals surface area contributed by atoms with Gasteiger partial charge in [0.25, 0.3) is 0 Å². The van der Waals surface area contributed by atoms with Gasteiger partial charge >= 0.3 is 0 Å². The van der Waals surface area contributed by atoms with Crippen molar-refractivity contribution in [2.45, 2.75) is 116 Å². The van der Waals surface area contributed by atoms with Gasteiger partial charge in [-0.25, -0.2) is 0 Å². The molecule has 9 atom stereocenters. The molecule has 6 unspecified atom stereocenters. The normalized spacial score (nSPS) is 50.2. The molecular weight excluding hydrogens is 384 g/mol. The van der Waals surface area contributed by atoms with Gasteiger partial charge in [0.1, 0.15) is 0 Å². The van der Waals surface area contributed by atoms with Crippen LogP contribution in [-0.4, -0.2) is 35.1 Å². The third-order valence-electron chi connectivity index (χ3n) is 11.9. The third kappa shape index (κ3) is 3.83. The Morgan fingerprint density at radius 3 is 2.35 bits per heavy atom. The van der Waals surface area contributed by atoms with Crippen LogP contribution in [0.5, 0.6) is 0 Å². The highest BCUT2D eigenvalue weighted by molar-refractivity contribution is 5.09. The summed E-state index contributed by atoms with van der Waals surface area (Å²) >= 11 is 0. The highest BCUT2D eigenvalue weighted by atomic mass is 16.5. The lowest BCUT2D eigenvalue weighted by Crippen LogP contribution is -2.54. The maximum absolute atomic E-state index is 11.0. The predicted octanol–water partition coefficient (Wildman–Crippen LogP) is 5.96. The van der Waals surface area contributed by atoms with Crippen LogP contribution in [0.4, 0.5) is 0 Å². The van der Waals surface area contributed by atoms with Gasteiger partial charge < -0.3 is 14.9 Å². The minimum absolute atomic E-state index is 0.0364. The molecule has 1 saturated heterocycles. The maximum atomic E-state index is 11.0. The number of fused-ring (bicyclic) bond motifs is 5. The molecule has 4 aliphatic carbocycles. The van der Waals surface area contributed by atoms with Crippen LogP contribution in [0.3, 0.4) is 0 Å². The Labute approximate surface area is 190 Å². The van der Waals surface area contributed by atoms with Crippen molar-refractivity contribution in [3.8, 4) is 0 Å². The summed E-state index contributed by atoms with van der Waals surface area (Å²) in [5, 5.41) is 21.3. The topological polar surface area (TPSA) is 49.7 Å². The quantitative estimate of drug-likeness (QED) is 0.576. The van der Waals surface area contributed by atoms with Crippen molar-refractivity contribution < 1.29 is 14.9 Å². The van der Waals surface area contributed by atoms with Crippen LogP contribution in [0.2, 0.25) is 0 Å². The Morgan fingerprint density at radius 2 is 1.58 bits per heavy atom. The molecule has 3 nitrogen and oxygen atoms in total. The zero-order valence-corrected chi connectivity index (χ0v) is 20.5. The first-order valence-electron chi connectivity index (χ1n) is 13.7. The first-order valence-corrected chi connectivity index (χ1v) is 13.7. The van der Waals surface area contributed by atoms with Crippen LogP contribution >= 0.6 is 0 Å². The summed E-state index contributed by atoms with van der Waals surface area (Å²) in [4.78, 5) is 0. The molecule has 5 aliphatic rings. The van der Waals surface area contributed by atoms with Gasteiger partial charge in [-0.15, -0.1) is 0 Å². The molecule has 1 heterocycles. The third-order valence-corrected chi connectivity index (χ3v) is 11.9. The van der Waals surface area contributed by atoms with Gasteiger partial charge in [0.05, 0.1) is 11.7 Å². The molecule has 4 saturated carbocycles. The zero-order valence-electron chi connectivity index (χ0n) is 20.5. The summed E-state index contributed by atoms with van der Waals surface area (Å²) < 4.78 is 5.49. The van der Waals surface area contributed by atoms with Gasteiger partial charge in [-0.2, -0.15) is 0 Å². The number of aliphatic hydroxyl groups excluding tert-OH is 1. The number of aliphatic hydroxyl groups is 2. The summed E-state index contributed by atoms with van der Waals surface area (Å²) in [6.45, 7) is 9.21. The fraction of sp³-hybridized carbons (Fsp3) is 1.00. The summed E-state index contributed by atoms with van der Waals surface area (Å²) in [5.74, 6) is 5.05. The van der Waals surface area contributed by atoms with E-state index >= 15 is 0 Å². The molecule has 0 radical (unpaired) electrons. The fourth-order valence-electron chi connectivity index (χ4n) is 9.91. The standard InChI is InChI=1S/C28H48O3/c1-19(8-13-28(30)14-16-31-17-15-28)23-6-7-24-22-5-4-20-18-21(29)9-11-26(20,2)25(22)10-12-27(23,24)3/h19-25,29-30H,4-18H2,1-3H3/t19?,20?,21-,22-,23?,24?,25?,26-,27?/m0/s1.